The zero-order chi connectivity index (χ0) is 16.7. The molecule has 0 bridgehead atoms. The quantitative estimate of drug-likeness (QED) is 0.773. The largest absolute Gasteiger partial charge is 0.488 e. The van der Waals surface area contributed by atoms with Crippen LogP contribution in [-0.4, -0.2) is 19.1 Å². The van der Waals surface area contributed by atoms with Crippen LogP contribution in [0.1, 0.15) is 34.8 Å². The van der Waals surface area contributed by atoms with Gasteiger partial charge in [0.2, 0.25) is 0 Å². The number of halogens is 1. The Labute approximate surface area is 149 Å². The van der Waals surface area contributed by atoms with Crippen LogP contribution in [0.5, 0.6) is 5.75 Å². The van der Waals surface area contributed by atoms with E-state index < -0.39 is 5.97 Å². The maximum Gasteiger partial charge on any atom is 0.341 e. The third kappa shape index (κ3) is 5.55. The molecule has 5 heteroatoms. The molecule has 0 radical (unpaired) electrons. The normalized spacial score (nSPS) is 11.3. The first-order chi connectivity index (χ1) is 11.1. The van der Waals surface area contributed by atoms with E-state index in [0.29, 0.717) is 17.9 Å². The minimum atomic E-state index is -0.403. The van der Waals surface area contributed by atoms with Crippen LogP contribution in [0.25, 0.3) is 0 Å². The van der Waals surface area contributed by atoms with Gasteiger partial charge in [0.05, 0.1) is 7.11 Å². The lowest BCUT2D eigenvalue weighted by Gasteiger charge is -2.14. The molecule has 0 aliphatic heterocycles. The van der Waals surface area contributed by atoms with E-state index >= 15 is 0 Å². The highest BCUT2D eigenvalue weighted by Crippen LogP contribution is 2.23. The van der Waals surface area contributed by atoms with Crippen LogP contribution in [0.2, 0.25) is 0 Å². The van der Waals surface area contributed by atoms with Gasteiger partial charge < -0.3 is 15.2 Å². The Morgan fingerprint density at radius 2 is 1.83 bits per heavy atom. The summed E-state index contributed by atoms with van der Waals surface area (Å²) < 4.78 is 10.7. The van der Waals surface area contributed by atoms with Crippen LogP contribution >= 0.6 is 12.4 Å². The van der Waals surface area contributed by atoms with Crippen molar-refractivity contribution in [2.45, 2.75) is 32.4 Å². The first-order valence-electron chi connectivity index (χ1n) is 7.77. The zero-order valence-corrected chi connectivity index (χ0v) is 14.8. The number of esters is 1. The average molecular weight is 350 g/mol. The van der Waals surface area contributed by atoms with Crippen molar-refractivity contribution in [1.82, 2.24) is 0 Å². The second-order valence-corrected chi connectivity index (χ2v) is 5.47. The first kappa shape index (κ1) is 20.0. The predicted octanol–water partition coefficient (Wildman–Crippen LogP) is 3.75. The molecule has 0 saturated carbocycles. The lowest BCUT2D eigenvalue weighted by molar-refractivity contribution is 0.0595. The van der Waals surface area contributed by atoms with Crippen molar-refractivity contribution in [2.24, 2.45) is 5.73 Å². The Balaban J connectivity index is 0.00000288. The second kappa shape index (κ2) is 9.96. The van der Waals surface area contributed by atoms with Crippen molar-refractivity contribution in [1.29, 1.82) is 0 Å². The number of methoxy groups -OCH3 is 1. The fraction of sp³-hybridized carbons (Fsp3) is 0.316. The molecule has 1 unspecified atom stereocenters. The van der Waals surface area contributed by atoms with Gasteiger partial charge in [-0.3, -0.25) is 0 Å². The number of hydrogen-bond donors (Lipinski definition) is 1. The van der Waals surface area contributed by atoms with Crippen molar-refractivity contribution in [3.63, 3.8) is 0 Å². The number of carbonyl (C=O) groups excluding carboxylic acids is 1. The van der Waals surface area contributed by atoms with Crippen LogP contribution in [0.4, 0.5) is 0 Å². The van der Waals surface area contributed by atoms with E-state index in [4.69, 9.17) is 15.2 Å². The number of benzene rings is 2. The topological polar surface area (TPSA) is 61.5 Å². The number of carbonyl (C=O) groups is 1. The number of nitrogens with two attached hydrogens (primary N) is 1. The molecule has 0 spiro atoms. The summed E-state index contributed by atoms with van der Waals surface area (Å²) >= 11 is 0. The Kier molecular flexibility index (Phi) is 8.30. The molecule has 2 N–H and O–H groups in total. The smallest absolute Gasteiger partial charge is 0.341 e. The summed E-state index contributed by atoms with van der Waals surface area (Å²) in [5.41, 5.74) is 8.47. The summed E-state index contributed by atoms with van der Waals surface area (Å²) in [6.45, 7) is 2.45. The van der Waals surface area contributed by atoms with E-state index in [1.807, 2.05) is 55.5 Å². The fourth-order valence-electron chi connectivity index (χ4n) is 2.28. The van der Waals surface area contributed by atoms with Crippen molar-refractivity contribution < 1.29 is 14.3 Å². The lowest BCUT2D eigenvalue weighted by Crippen LogP contribution is -2.21. The van der Waals surface area contributed by atoms with Gasteiger partial charge in [0.25, 0.3) is 0 Å². The highest BCUT2D eigenvalue weighted by Gasteiger charge is 2.15. The third-order valence-electron chi connectivity index (χ3n) is 3.71. The van der Waals surface area contributed by atoms with E-state index in [1.54, 1.807) is 0 Å². The average Bonchev–Trinajstić information content (AvgIpc) is 2.60. The Hall–Kier alpha value is -2.04. The van der Waals surface area contributed by atoms with Crippen LogP contribution in [0.15, 0.2) is 48.5 Å². The summed E-state index contributed by atoms with van der Waals surface area (Å²) in [4.78, 5) is 12.0. The molecule has 0 heterocycles. The monoisotopic (exact) mass is 349 g/mol. The zero-order valence-electron chi connectivity index (χ0n) is 14.0. The van der Waals surface area contributed by atoms with Gasteiger partial charge in [-0.1, -0.05) is 43.3 Å². The predicted molar refractivity (Wildman–Crippen MR) is 97.8 cm³/mol. The van der Waals surface area contributed by atoms with E-state index in [-0.39, 0.29) is 18.4 Å². The van der Waals surface area contributed by atoms with Gasteiger partial charge in [-0.05, 0) is 36.1 Å². The number of hydrogen-bond acceptors (Lipinski definition) is 4. The van der Waals surface area contributed by atoms with Crippen molar-refractivity contribution in [3.05, 3.63) is 65.2 Å². The highest BCUT2D eigenvalue weighted by atomic mass is 35.5. The second-order valence-electron chi connectivity index (χ2n) is 5.47. The van der Waals surface area contributed by atoms with Gasteiger partial charge in [0, 0.05) is 6.04 Å². The Bertz CT molecular complexity index is 646. The van der Waals surface area contributed by atoms with Crippen LogP contribution in [0, 0.1) is 0 Å². The van der Waals surface area contributed by atoms with Gasteiger partial charge in [-0.25, -0.2) is 4.79 Å². The van der Waals surface area contributed by atoms with E-state index in [2.05, 4.69) is 0 Å². The fourth-order valence-corrected chi connectivity index (χ4v) is 2.28. The molecule has 0 saturated heterocycles. The molecule has 0 fully saturated rings. The SMILES string of the molecule is CCC(N)Cc1ccc(OCc2ccccc2)c(C(=O)OC)c1.Cl. The summed E-state index contributed by atoms with van der Waals surface area (Å²) in [6.07, 6.45) is 1.61. The molecule has 2 aromatic carbocycles. The summed E-state index contributed by atoms with van der Waals surface area (Å²) in [7, 11) is 1.37. The molecule has 130 valence electrons. The summed E-state index contributed by atoms with van der Waals surface area (Å²) in [5, 5.41) is 0. The molecule has 2 rings (SSSR count). The molecule has 0 aliphatic carbocycles. The Morgan fingerprint density at radius 3 is 2.46 bits per heavy atom. The molecule has 2 aromatic rings. The van der Waals surface area contributed by atoms with E-state index in [9.17, 15) is 4.79 Å². The van der Waals surface area contributed by atoms with Gasteiger partial charge in [-0.15, -0.1) is 12.4 Å². The molecule has 0 amide bonds. The molecule has 0 aromatic heterocycles. The van der Waals surface area contributed by atoms with E-state index in [1.165, 1.54) is 7.11 Å². The van der Waals surface area contributed by atoms with E-state index in [0.717, 1.165) is 24.0 Å². The molecular weight excluding hydrogens is 326 g/mol. The maximum atomic E-state index is 12.0. The van der Waals surface area contributed by atoms with Crippen molar-refractivity contribution in [2.75, 3.05) is 7.11 Å². The first-order valence-corrected chi connectivity index (χ1v) is 7.77. The van der Waals surface area contributed by atoms with Gasteiger partial charge in [0.15, 0.2) is 0 Å². The number of ether oxygens (including phenoxy) is 2. The van der Waals surface area contributed by atoms with Crippen LogP contribution in [-0.2, 0) is 17.8 Å². The van der Waals surface area contributed by atoms with Gasteiger partial charge >= 0.3 is 5.97 Å². The molecule has 1 atom stereocenters. The summed E-state index contributed by atoms with van der Waals surface area (Å²) in [5.74, 6) is 0.120. The third-order valence-corrected chi connectivity index (χ3v) is 3.71. The van der Waals surface area contributed by atoms with Crippen LogP contribution < -0.4 is 10.5 Å². The highest BCUT2D eigenvalue weighted by molar-refractivity contribution is 5.92. The standard InChI is InChI=1S/C19H23NO3.ClH/c1-3-16(20)11-15-9-10-18(17(12-15)19(21)22-2)23-13-14-7-5-4-6-8-14;/h4-10,12,16H,3,11,13,20H2,1-2H3;1H. The minimum Gasteiger partial charge on any atom is -0.488 e. The molecule has 4 nitrogen and oxygen atoms in total. The van der Waals surface area contributed by atoms with Gasteiger partial charge in [-0.2, -0.15) is 0 Å². The van der Waals surface area contributed by atoms with Crippen molar-refractivity contribution in [3.8, 4) is 5.75 Å². The maximum absolute atomic E-state index is 12.0. The Morgan fingerprint density at radius 1 is 1.12 bits per heavy atom. The molecular formula is C19H24ClNO3. The summed E-state index contributed by atoms with van der Waals surface area (Å²) in [6, 6.07) is 15.5. The van der Waals surface area contributed by atoms with Gasteiger partial charge in [0.1, 0.15) is 17.9 Å². The number of rotatable bonds is 7. The minimum absolute atomic E-state index is 0. The molecule has 0 aliphatic rings. The molecule has 24 heavy (non-hydrogen) atoms. The van der Waals surface area contributed by atoms with Crippen LogP contribution in [0.3, 0.4) is 0 Å². The van der Waals surface area contributed by atoms with Crippen molar-refractivity contribution >= 4 is 18.4 Å². The lowest BCUT2D eigenvalue weighted by atomic mass is 10.0.